The molecule has 0 saturated carbocycles. The van der Waals surface area contributed by atoms with Crippen molar-refractivity contribution in [3.05, 3.63) is 71.8 Å². The van der Waals surface area contributed by atoms with Gasteiger partial charge in [-0.2, -0.15) is 0 Å². The Labute approximate surface area is 134 Å². The Hall–Kier alpha value is -2.88. The van der Waals surface area contributed by atoms with Crippen molar-refractivity contribution in [2.75, 3.05) is 0 Å². The highest BCUT2D eigenvalue weighted by Gasteiger charge is 2.39. The summed E-state index contributed by atoms with van der Waals surface area (Å²) in [4.78, 5) is 9.84. The molecule has 0 saturated heterocycles. The van der Waals surface area contributed by atoms with Gasteiger partial charge in [-0.3, -0.25) is 0 Å². The van der Waals surface area contributed by atoms with Crippen LogP contribution >= 0.6 is 0 Å². The molecule has 0 unspecified atom stereocenters. The first-order valence-electron chi connectivity index (χ1n) is 7.62. The fraction of sp³-hybridized carbons (Fsp3) is 0.158. The summed E-state index contributed by atoms with van der Waals surface area (Å²) in [6.45, 7) is 0. The van der Waals surface area contributed by atoms with Gasteiger partial charge >= 0.3 is 0 Å². The summed E-state index contributed by atoms with van der Waals surface area (Å²) >= 11 is 0. The van der Waals surface area contributed by atoms with E-state index in [-0.39, 0.29) is 11.5 Å². The molecule has 4 heteroatoms. The van der Waals surface area contributed by atoms with Crippen molar-refractivity contribution in [1.82, 2.24) is 0 Å². The van der Waals surface area contributed by atoms with Crippen LogP contribution in [0.5, 0.6) is 11.5 Å². The van der Waals surface area contributed by atoms with Crippen LogP contribution in [0.3, 0.4) is 0 Å². The molecule has 2 aromatic carbocycles. The molecule has 0 radical (unpaired) electrons. The van der Waals surface area contributed by atoms with Crippen LogP contribution in [0.1, 0.15) is 24.0 Å². The summed E-state index contributed by atoms with van der Waals surface area (Å²) in [5, 5.41) is 19.2. The quantitative estimate of drug-likeness (QED) is 0.891. The van der Waals surface area contributed by atoms with Crippen LogP contribution in [0, 0.1) is 0 Å². The maximum atomic E-state index is 9.58. The molecule has 1 aliphatic heterocycles. The van der Waals surface area contributed by atoms with Crippen molar-refractivity contribution in [2.24, 2.45) is 9.98 Å². The van der Waals surface area contributed by atoms with E-state index in [1.807, 2.05) is 30.3 Å². The Morgan fingerprint density at radius 1 is 0.783 bits per heavy atom. The van der Waals surface area contributed by atoms with E-state index in [0.29, 0.717) is 0 Å². The maximum Gasteiger partial charge on any atom is 0.202 e. The zero-order valence-corrected chi connectivity index (χ0v) is 12.5. The van der Waals surface area contributed by atoms with Gasteiger partial charge in [-0.1, -0.05) is 30.3 Å². The van der Waals surface area contributed by atoms with E-state index in [0.717, 1.165) is 35.4 Å². The number of hydrogen-bond donors (Lipinski definition) is 2. The molecule has 23 heavy (non-hydrogen) atoms. The minimum atomic E-state index is -0.846. The Morgan fingerprint density at radius 2 is 1.35 bits per heavy atom. The first-order valence-corrected chi connectivity index (χ1v) is 7.62. The van der Waals surface area contributed by atoms with Crippen molar-refractivity contribution in [1.29, 1.82) is 0 Å². The molecule has 0 atom stereocenters. The average molecular weight is 304 g/mol. The van der Waals surface area contributed by atoms with Crippen LogP contribution in [0.25, 0.3) is 0 Å². The standard InChI is InChI=1S/C19H16N2O2/c22-15-9-5-13(6-10-15)19(14-7-11-16(23)12-8-14)20-17-3-1-2-4-18(17)21-19/h1,3,5-12,22-23H,2,4H2. The summed E-state index contributed by atoms with van der Waals surface area (Å²) in [5.74, 6) is 0.426. The fourth-order valence-electron chi connectivity index (χ4n) is 3.06. The van der Waals surface area contributed by atoms with Crippen LogP contribution in [0.2, 0.25) is 0 Å². The summed E-state index contributed by atoms with van der Waals surface area (Å²) in [6.07, 6.45) is 5.98. The number of aromatic hydroxyl groups is 2. The van der Waals surface area contributed by atoms with Gasteiger partial charge in [-0.25, -0.2) is 9.98 Å². The van der Waals surface area contributed by atoms with Gasteiger partial charge in [-0.15, -0.1) is 0 Å². The number of hydrogen-bond acceptors (Lipinski definition) is 4. The smallest absolute Gasteiger partial charge is 0.202 e. The second kappa shape index (κ2) is 5.09. The predicted molar refractivity (Wildman–Crippen MR) is 90.2 cm³/mol. The van der Waals surface area contributed by atoms with E-state index in [9.17, 15) is 10.2 Å². The lowest BCUT2D eigenvalue weighted by Gasteiger charge is -2.24. The van der Waals surface area contributed by atoms with Gasteiger partial charge in [-0.05, 0) is 43.2 Å². The maximum absolute atomic E-state index is 9.58. The highest BCUT2D eigenvalue weighted by Crippen LogP contribution is 2.41. The number of allylic oxidation sites excluding steroid dienone is 2. The summed E-state index contributed by atoms with van der Waals surface area (Å²) in [7, 11) is 0. The minimum Gasteiger partial charge on any atom is -0.508 e. The molecule has 0 amide bonds. The SMILES string of the molecule is Oc1ccc(C2(c3ccc(O)cc3)N=C3C=CCCC3=N2)cc1. The molecule has 2 aliphatic rings. The molecule has 1 aliphatic carbocycles. The molecular weight excluding hydrogens is 288 g/mol. The van der Waals surface area contributed by atoms with Crippen LogP contribution in [0.15, 0.2) is 70.7 Å². The molecule has 0 spiro atoms. The molecule has 0 fully saturated rings. The second-order valence-corrected chi connectivity index (χ2v) is 5.76. The van der Waals surface area contributed by atoms with Gasteiger partial charge in [0.05, 0.1) is 11.4 Å². The van der Waals surface area contributed by atoms with E-state index in [2.05, 4.69) is 6.08 Å². The molecule has 2 N–H and O–H groups in total. The van der Waals surface area contributed by atoms with Gasteiger partial charge < -0.3 is 10.2 Å². The monoisotopic (exact) mass is 304 g/mol. The zero-order valence-electron chi connectivity index (χ0n) is 12.5. The van der Waals surface area contributed by atoms with E-state index in [4.69, 9.17) is 9.98 Å². The van der Waals surface area contributed by atoms with Crippen molar-refractivity contribution in [3.63, 3.8) is 0 Å². The molecule has 0 aromatic heterocycles. The van der Waals surface area contributed by atoms with Crippen molar-refractivity contribution < 1.29 is 10.2 Å². The summed E-state index contributed by atoms with van der Waals surface area (Å²) < 4.78 is 0. The average Bonchev–Trinajstić information content (AvgIpc) is 2.96. The first-order chi connectivity index (χ1) is 11.2. The van der Waals surface area contributed by atoms with Gasteiger partial charge in [0.2, 0.25) is 5.66 Å². The number of nitrogens with zero attached hydrogens (tertiary/aromatic N) is 2. The third kappa shape index (κ3) is 2.23. The highest BCUT2D eigenvalue weighted by atomic mass is 16.3. The Balaban J connectivity index is 1.93. The summed E-state index contributed by atoms with van der Waals surface area (Å²) in [5.41, 5.74) is 2.86. The van der Waals surface area contributed by atoms with E-state index < -0.39 is 5.66 Å². The number of phenols is 2. The van der Waals surface area contributed by atoms with Crippen LogP contribution < -0.4 is 0 Å². The largest absolute Gasteiger partial charge is 0.508 e. The Morgan fingerprint density at radius 3 is 1.87 bits per heavy atom. The Bertz CT molecular complexity index is 785. The number of rotatable bonds is 2. The number of aliphatic imine (C=N–C) groups is 2. The topological polar surface area (TPSA) is 65.2 Å². The van der Waals surface area contributed by atoms with Crippen LogP contribution in [-0.2, 0) is 5.66 Å². The van der Waals surface area contributed by atoms with E-state index in [1.165, 1.54) is 0 Å². The lowest BCUT2D eigenvalue weighted by Crippen LogP contribution is -2.21. The lowest BCUT2D eigenvalue weighted by molar-refractivity contribution is 0.473. The van der Waals surface area contributed by atoms with E-state index >= 15 is 0 Å². The number of phenolic OH excluding ortho intramolecular Hbond substituents is 2. The Kier molecular flexibility index (Phi) is 3.05. The molecule has 1 heterocycles. The molecule has 4 nitrogen and oxygen atoms in total. The van der Waals surface area contributed by atoms with Gasteiger partial charge in [0.1, 0.15) is 11.5 Å². The third-order valence-corrected chi connectivity index (χ3v) is 4.24. The van der Waals surface area contributed by atoms with Crippen LogP contribution in [0.4, 0.5) is 0 Å². The molecule has 0 bridgehead atoms. The zero-order chi connectivity index (χ0) is 15.9. The first kappa shape index (κ1) is 13.8. The molecular formula is C19H16N2O2. The van der Waals surface area contributed by atoms with Crippen molar-refractivity contribution >= 4 is 11.4 Å². The molecule has 114 valence electrons. The fourth-order valence-corrected chi connectivity index (χ4v) is 3.06. The van der Waals surface area contributed by atoms with Crippen LogP contribution in [-0.4, -0.2) is 21.6 Å². The van der Waals surface area contributed by atoms with Crippen molar-refractivity contribution in [3.8, 4) is 11.5 Å². The number of fused-ring (bicyclic) bond motifs is 1. The van der Waals surface area contributed by atoms with Gasteiger partial charge in [0, 0.05) is 11.1 Å². The second-order valence-electron chi connectivity index (χ2n) is 5.76. The molecule has 4 rings (SSSR count). The van der Waals surface area contributed by atoms with E-state index in [1.54, 1.807) is 24.3 Å². The molecule has 2 aromatic rings. The van der Waals surface area contributed by atoms with Gasteiger partial charge in [0.15, 0.2) is 0 Å². The minimum absolute atomic E-state index is 0.213. The predicted octanol–water partition coefficient (Wildman–Crippen LogP) is 3.54. The third-order valence-electron chi connectivity index (χ3n) is 4.24. The highest BCUT2D eigenvalue weighted by molar-refractivity contribution is 6.48. The van der Waals surface area contributed by atoms with Crippen molar-refractivity contribution in [2.45, 2.75) is 18.5 Å². The lowest BCUT2D eigenvalue weighted by atomic mass is 9.92. The normalized spacial score (nSPS) is 18.3. The van der Waals surface area contributed by atoms with Gasteiger partial charge in [0.25, 0.3) is 0 Å². The summed E-state index contributed by atoms with van der Waals surface area (Å²) in [6, 6.07) is 14.0. The number of benzene rings is 2.